The van der Waals surface area contributed by atoms with Crippen molar-refractivity contribution in [1.82, 2.24) is 9.97 Å². The molecule has 1 aromatic carbocycles. The molecule has 170 valence electrons. The number of aliphatic hydroxyl groups is 1. The molecule has 1 saturated heterocycles. The molecule has 0 saturated carbocycles. The number of nitriles is 1. The average molecular weight is 446 g/mol. The first-order valence-corrected chi connectivity index (χ1v) is 10.9. The van der Waals surface area contributed by atoms with Crippen molar-refractivity contribution in [3.63, 3.8) is 0 Å². The molecule has 0 spiro atoms. The Morgan fingerprint density at radius 3 is 2.85 bits per heavy atom. The summed E-state index contributed by atoms with van der Waals surface area (Å²) < 4.78 is 11.8. The molecular weight excluding hydrogens is 418 g/mol. The molecule has 33 heavy (non-hydrogen) atoms. The van der Waals surface area contributed by atoms with E-state index in [1.165, 1.54) is 0 Å². The van der Waals surface area contributed by atoms with Crippen LogP contribution in [0.5, 0.6) is 11.5 Å². The molecule has 0 amide bonds. The minimum absolute atomic E-state index is 0.123. The van der Waals surface area contributed by atoms with Gasteiger partial charge in [-0.2, -0.15) is 5.26 Å². The van der Waals surface area contributed by atoms with Gasteiger partial charge in [-0.3, -0.25) is 4.98 Å². The summed E-state index contributed by atoms with van der Waals surface area (Å²) in [5.74, 6) is 1.97. The lowest BCUT2D eigenvalue weighted by molar-refractivity contribution is 0.0985. The second kappa shape index (κ2) is 9.96. The van der Waals surface area contributed by atoms with Crippen LogP contribution in [-0.2, 0) is 4.74 Å². The van der Waals surface area contributed by atoms with Crippen LogP contribution in [0, 0.1) is 18.3 Å². The Bertz CT molecular complexity index is 1160. The topological polar surface area (TPSA) is 118 Å². The summed E-state index contributed by atoms with van der Waals surface area (Å²) in [6.45, 7) is 6.23. The number of nitrogens with zero attached hydrogens (tertiary/aromatic N) is 4. The maximum Gasteiger partial charge on any atom is 0.138 e. The first-order valence-electron chi connectivity index (χ1n) is 10.9. The van der Waals surface area contributed by atoms with Crippen molar-refractivity contribution < 1.29 is 14.6 Å². The number of anilines is 1. The number of aromatic nitrogens is 2. The van der Waals surface area contributed by atoms with Crippen molar-refractivity contribution >= 4 is 5.82 Å². The third kappa shape index (κ3) is 5.12. The second-order valence-electron chi connectivity index (χ2n) is 8.07. The van der Waals surface area contributed by atoms with Gasteiger partial charge in [-0.05, 0) is 38.1 Å². The highest BCUT2D eigenvalue weighted by Gasteiger charge is 2.21. The third-order valence-corrected chi connectivity index (χ3v) is 5.58. The van der Waals surface area contributed by atoms with Crippen molar-refractivity contribution in [2.45, 2.75) is 26.0 Å². The Morgan fingerprint density at radius 2 is 2.15 bits per heavy atom. The molecule has 2 aromatic heterocycles. The fourth-order valence-corrected chi connectivity index (χ4v) is 3.81. The predicted octanol–water partition coefficient (Wildman–Crippen LogP) is 3.33. The van der Waals surface area contributed by atoms with Gasteiger partial charge in [-0.1, -0.05) is 6.07 Å². The van der Waals surface area contributed by atoms with Gasteiger partial charge in [0.25, 0.3) is 0 Å². The lowest BCUT2D eigenvalue weighted by Crippen LogP contribution is -2.44. The van der Waals surface area contributed by atoms with Crippen LogP contribution in [-0.4, -0.2) is 47.4 Å². The Labute approximate surface area is 193 Å². The predicted molar refractivity (Wildman–Crippen MR) is 125 cm³/mol. The third-order valence-electron chi connectivity index (χ3n) is 5.58. The van der Waals surface area contributed by atoms with Gasteiger partial charge in [0, 0.05) is 48.2 Å². The lowest BCUT2D eigenvalue weighted by atomic mass is 10.1. The molecule has 1 fully saturated rings. The first kappa shape index (κ1) is 22.7. The molecular formula is C25H27N5O3. The zero-order chi connectivity index (χ0) is 23.4. The SMILES string of the molecule is Cc1cc(Oc2cc(C#N)ccc2-c2ccc([C@H](O)CN)cn2)cc(N2CCOC[C@H]2C)n1. The van der Waals surface area contributed by atoms with Gasteiger partial charge in [0.15, 0.2) is 0 Å². The van der Waals surface area contributed by atoms with Crippen LogP contribution in [0.4, 0.5) is 5.82 Å². The summed E-state index contributed by atoms with van der Waals surface area (Å²) in [5.41, 5.74) is 8.89. The van der Waals surface area contributed by atoms with Gasteiger partial charge >= 0.3 is 0 Å². The second-order valence-corrected chi connectivity index (χ2v) is 8.07. The molecule has 0 bridgehead atoms. The molecule has 2 atom stereocenters. The number of morpholine rings is 1. The highest BCUT2D eigenvalue weighted by Crippen LogP contribution is 2.35. The van der Waals surface area contributed by atoms with Gasteiger partial charge < -0.3 is 25.2 Å². The van der Waals surface area contributed by atoms with Crippen LogP contribution >= 0.6 is 0 Å². The highest BCUT2D eigenvalue weighted by atomic mass is 16.5. The molecule has 3 aromatic rings. The van der Waals surface area contributed by atoms with Gasteiger partial charge in [-0.25, -0.2) is 4.98 Å². The zero-order valence-corrected chi connectivity index (χ0v) is 18.7. The van der Waals surface area contributed by atoms with Gasteiger partial charge in [0.2, 0.25) is 0 Å². The van der Waals surface area contributed by atoms with E-state index in [1.807, 2.05) is 25.1 Å². The quantitative estimate of drug-likeness (QED) is 0.593. The molecule has 0 unspecified atom stereocenters. The number of pyridine rings is 2. The van der Waals surface area contributed by atoms with Crippen LogP contribution in [0.25, 0.3) is 11.3 Å². The smallest absolute Gasteiger partial charge is 0.138 e. The standard InChI is InChI=1S/C25H27N5O3/c1-16-9-20(11-25(29-16)30-7-8-32-15-17(30)2)33-24-10-18(12-26)3-5-21(24)22-6-4-19(14-28-22)23(31)13-27/h3-6,9-11,14,17,23,31H,7-8,13,15,27H2,1-2H3/t17-,23-/m1/s1. The fraction of sp³-hybridized carbons (Fsp3) is 0.320. The maximum atomic E-state index is 9.94. The molecule has 1 aliphatic rings. The van der Waals surface area contributed by atoms with Crippen molar-refractivity contribution in [1.29, 1.82) is 5.26 Å². The summed E-state index contributed by atoms with van der Waals surface area (Å²) in [6.07, 6.45) is 0.840. The number of benzene rings is 1. The Kier molecular flexibility index (Phi) is 6.84. The normalized spacial score (nSPS) is 16.8. The van der Waals surface area contributed by atoms with Gasteiger partial charge in [-0.15, -0.1) is 0 Å². The van der Waals surface area contributed by atoms with Crippen molar-refractivity contribution in [3.05, 3.63) is 65.5 Å². The molecule has 8 heteroatoms. The van der Waals surface area contributed by atoms with E-state index in [0.717, 1.165) is 23.6 Å². The molecule has 1 aliphatic heterocycles. The fourth-order valence-electron chi connectivity index (χ4n) is 3.81. The zero-order valence-electron chi connectivity index (χ0n) is 18.7. The minimum Gasteiger partial charge on any atom is -0.456 e. The van der Waals surface area contributed by atoms with Crippen LogP contribution in [0.15, 0.2) is 48.7 Å². The van der Waals surface area contributed by atoms with E-state index in [0.29, 0.717) is 41.5 Å². The van der Waals surface area contributed by atoms with E-state index in [1.54, 1.807) is 30.5 Å². The largest absolute Gasteiger partial charge is 0.456 e. The molecule has 3 N–H and O–H groups in total. The summed E-state index contributed by atoms with van der Waals surface area (Å²) in [5, 5.41) is 19.4. The molecule has 0 radical (unpaired) electrons. The summed E-state index contributed by atoms with van der Waals surface area (Å²) >= 11 is 0. The number of aliphatic hydroxyl groups excluding tert-OH is 1. The van der Waals surface area contributed by atoms with E-state index < -0.39 is 6.10 Å². The first-order chi connectivity index (χ1) is 16.0. The van der Waals surface area contributed by atoms with E-state index in [-0.39, 0.29) is 12.6 Å². The number of nitrogens with two attached hydrogens (primary N) is 1. The summed E-state index contributed by atoms with van der Waals surface area (Å²) in [7, 11) is 0. The van der Waals surface area contributed by atoms with Crippen LogP contribution in [0.3, 0.4) is 0 Å². The van der Waals surface area contributed by atoms with E-state index in [4.69, 9.17) is 15.2 Å². The van der Waals surface area contributed by atoms with Crippen molar-refractivity contribution in [2.24, 2.45) is 5.73 Å². The number of aryl methyl sites for hydroxylation is 1. The van der Waals surface area contributed by atoms with Crippen LogP contribution in [0.1, 0.15) is 29.8 Å². The van der Waals surface area contributed by atoms with Crippen molar-refractivity contribution in [2.75, 3.05) is 31.2 Å². The number of rotatable bonds is 6. The summed E-state index contributed by atoms with van der Waals surface area (Å²) in [4.78, 5) is 11.4. The highest BCUT2D eigenvalue weighted by molar-refractivity contribution is 5.69. The number of ether oxygens (including phenoxy) is 2. The summed E-state index contributed by atoms with van der Waals surface area (Å²) in [6, 6.07) is 15.0. The maximum absolute atomic E-state index is 9.94. The van der Waals surface area contributed by atoms with Crippen molar-refractivity contribution in [3.8, 4) is 28.8 Å². The Hall–Kier alpha value is -3.51. The molecule has 0 aliphatic carbocycles. The van der Waals surface area contributed by atoms with Crippen LogP contribution < -0.4 is 15.4 Å². The van der Waals surface area contributed by atoms with E-state index in [2.05, 4.69) is 27.9 Å². The number of hydrogen-bond acceptors (Lipinski definition) is 8. The van der Waals surface area contributed by atoms with Gasteiger partial charge in [0.1, 0.15) is 17.3 Å². The number of hydrogen-bond donors (Lipinski definition) is 2. The average Bonchev–Trinajstić information content (AvgIpc) is 2.83. The van der Waals surface area contributed by atoms with E-state index in [9.17, 15) is 10.4 Å². The molecule has 8 nitrogen and oxygen atoms in total. The monoisotopic (exact) mass is 445 g/mol. The minimum atomic E-state index is -0.760. The molecule has 4 rings (SSSR count). The van der Waals surface area contributed by atoms with Crippen LogP contribution in [0.2, 0.25) is 0 Å². The lowest BCUT2D eigenvalue weighted by Gasteiger charge is -2.34. The Morgan fingerprint density at radius 1 is 1.30 bits per heavy atom. The molecule has 3 heterocycles. The van der Waals surface area contributed by atoms with E-state index >= 15 is 0 Å². The Balaban J connectivity index is 1.69. The van der Waals surface area contributed by atoms with Gasteiger partial charge in [0.05, 0.1) is 42.7 Å².